The largest absolute Gasteiger partial charge is 0.316 e. The Morgan fingerprint density at radius 3 is 1.91 bits per heavy atom. The molecular weight excluding hydrogens is 424 g/mol. The van der Waals surface area contributed by atoms with Crippen LogP contribution in [0.25, 0.3) is 11.1 Å². The summed E-state index contributed by atoms with van der Waals surface area (Å²) >= 11 is 0. The Kier molecular flexibility index (Phi) is 8.45. The molecule has 0 atom stereocenters. The first-order valence-corrected chi connectivity index (χ1v) is 12.2. The number of nitrogens with one attached hydrogen (secondary N) is 1. The lowest BCUT2D eigenvalue weighted by molar-refractivity contribution is 0.390. The molecule has 0 saturated heterocycles. The van der Waals surface area contributed by atoms with Crippen LogP contribution < -0.4 is 5.32 Å². The maximum atomic E-state index is 3.22. The average Bonchev–Trinajstić information content (AvgIpc) is 2.91. The highest BCUT2D eigenvalue weighted by Gasteiger charge is 2.10. The van der Waals surface area contributed by atoms with Gasteiger partial charge in [0, 0.05) is 12.6 Å². The van der Waals surface area contributed by atoms with Gasteiger partial charge >= 0.3 is 0 Å². The zero-order valence-electron chi connectivity index (χ0n) is 20.9. The molecule has 2 nitrogen and oxygen atoms in total. The third-order valence-electron chi connectivity index (χ3n) is 6.19. The van der Waals surface area contributed by atoms with Crippen LogP contribution in [0, 0.1) is 0 Å². The molecule has 0 bridgehead atoms. The summed E-state index contributed by atoms with van der Waals surface area (Å²) < 4.78 is 0. The maximum absolute atomic E-state index is 3.22. The van der Waals surface area contributed by atoms with Gasteiger partial charge in [-0.3, -0.25) is 4.90 Å². The third kappa shape index (κ3) is 6.45. The molecule has 0 aliphatic heterocycles. The molecule has 0 spiro atoms. The second-order valence-electron chi connectivity index (χ2n) is 8.94. The van der Waals surface area contributed by atoms with Gasteiger partial charge in [-0.15, -0.1) is 0 Å². The molecule has 0 unspecified atom stereocenters. The van der Waals surface area contributed by atoms with E-state index in [-0.39, 0.29) is 0 Å². The molecule has 0 radical (unpaired) electrons. The lowest BCUT2D eigenvalue weighted by Crippen LogP contribution is -2.24. The minimum atomic E-state index is 0.329. The summed E-state index contributed by atoms with van der Waals surface area (Å²) in [5.74, 6) is 0. The Hall–Kier alpha value is -3.72. The van der Waals surface area contributed by atoms with Crippen LogP contribution in [0.15, 0.2) is 133 Å². The fourth-order valence-electron chi connectivity index (χ4n) is 4.25. The summed E-state index contributed by atoms with van der Waals surface area (Å²) in [7, 11) is 6.19. The molecule has 2 heteroatoms. The number of hydrogen-bond donors (Lipinski definition) is 1. The van der Waals surface area contributed by atoms with Gasteiger partial charge in [0.25, 0.3) is 0 Å². The van der Waals surface area contributed by atoms with Gasteiger partial charge in [0.2, 0.25) is 0 Å². The van der Waals surface area contributed by atoms with E-state index in [1.807, 2.05) is 7.05 Å². The normalized spacial score (nSPS) is 15.8. The first kappa shape index (κ1) is 24.4. The van der Waals surface area contributed by atoms with Crippen molar-refractivity contribution >= 4 is 11.1 Å². The predicted molar refractivity (Wildman–Crippen MR) is 151 cm³/mol. The zero-order valence-corrected chi connectivity index (χ0v) is 20.9. The van der Waals surface area contributed by atoms with Crippen LogP contribution in [-0.2, 0) is 6.54 Å². The smallest absolute Gasteiger partial charge is 0.0462 e. The quantitative estimate of drug-likeness (QED) is 0.369. The monoisotopic (exact) mass is 458 g/mol. The number of likely N-dealkylation sites (N-methyl/N-ethyl adjacent to an activating group) is 1. The summed E-state index contributed by atoms with van der Waals surface area (Å²) in [5, 5.41) is 3.22. The lowest BCUT2D eigenvalue weighted by atomic mass is 9.94. The number of rotatable bonds is 8. The molecule has 4 rings (SSSR count). The van der Waals surface area contributed by atoms with Gasteiger partial charge in [0.15, 0.2) is 0 Å². The molecule has 0 amide bonds. The fraction of sp³-hybridized carbons (Fsp3) is 0.152. The zero-order chi connectivity index (χ0) is 24.5. The molecule has 0 heterocycles. The second-order valence-corrected chi connectivity index (χ2v) is 8.94. The van der Waals surface area contributed by atoms with E-state index >= 15 is 0 Å². The molecule has 1 aliphatic carbocycles. The van der Waals surface area contributed by atoms with Crippen molar-refractivity contribution in [1.29, 1.82) is 0 Å². The first-order chi connectivity index (χ1) is 17.2. The van der Waals surface area contributed by atoms with Crippen LogP contribution in [0.5, 0.6) is 0 Å². The maximum Gasteiger partial charge on any atom is 0.0462 e. The van der Waals surface area contributed by atoms with Crippen LogP contribution in [0.1, 0.15) is 22.3 Å². The lowest BCUT2D eigenvalue weighted by Gasteiger charge is -2.20. The van der Waals surface area contributed by atoms with Crippen LogP contribution in [-0.4, -0.2) is 32.1 Å². The van der Waals surface area contributed by atoms with Crippen molar-refractivity contribution in [2.24, 2.45) is 0 Å². The van der Waals surface area contributed by atoms with Gasteiger partial charge in [0.05, 0.1) is 0 Å². The Bertz CT molecular complexity index is 1230. The molecule has 1 aliphatic rings. The molecule has 0 saturated carbocycles. The van der Waals surface area contributed by atoms with Gasteiger partial charge in [0.1, 0.15) is 0 Å². The van der Waals surface area contributed by atoms with Crippen LogP contribution in [0.2, 0.25) is 0 Å². The Balaban J connectivity index is 1.72. The summed E-state index contributed by atoms with van der Waals surface area (Å²) in [6, 6.07) is 30.4. The minimum absolute atomic E-state index is 0.329. The minimum Gasteiger partial charge on any atom is -0.316 e. The highest BCUT2D eigenvalue weighted by Crippen LogP contribution is 2.27. The molecule has 0 fully saturated rings. The van der Waals surface area contributed by atoms with Crippen molar-refractivity contribution in [1.82, 2.24) is 10.2 Å². The third-order valence-corrected chi connectivity index (χ3v) is 6.19. The van der Waals surface area contributed by atoms with E-state index in [0.717, 1.165) is 6.54 Å². The summed E-state index contributed by atoms with van der Waals surface area (Å²) in [5.41, 5.74) is 8.54. The topological polar surface area (TPSA) is 15.3 Å². The molecule has 3 aromatic carbocycles. The molecule has 35 heavy (non-hydrogen) atoms. The van der Waals surface area contributed by atoms with Crippen molar-refractivity contribution in [3.63, 3.8) is 0 Å². The Morgan fingerprint density at radius 2 is 1.34 bits per heavy atom. The molecule has 1 N–H and O–H groups in total. The number of allylic oxidation sites excluding steroid dienone is 7. The number of benzene rings is 3. The average molecular weight is 459 g/mol. The Morgan fingerprint density at radius 1 is 0.771 bits per heavy atom. The first-order valence-electron chi connectivity index (χ1n) is 12.2. The van der Waals surface area contributed by atoms with Crippen molar-refractivity contribution in [2.75, 3.05) is 21.1 Å². The van der Waals surface area contributed by atoms with Crippen LogP contribution in [0.3, 0.4) is 0 Å². The van der Waals surface area contributed by atoms with E-state index in [0.29, 0.717) is 6.04 Å². The SMILES string of the molecule is CNCc1ccc(C(=CC=CC(=C2C=CC(N(C)C)C=C2)c2ccccc2)c2ccccc2)cc1. The van der Waals surface area contributed by atoms with Crippen LogP contribution >= 0.6 is 0 Å². The van der Waals surface area contributed by atoms with E-state index in [1.54, 1.807) is 0 Å². The van der Waals surface area contributed by atoms with Crippen molar-refractivity contribution in [3.8, 4) is 0 Å². The van der Waals surface area contributed by atoms with Gasteiger partial charge in [-0.1, -0.05) is 127 Å². The van der Waals surface area contributed by atoms with E-state index in [1.165, 1.54) is 39.0 Å². The van der Waals surface area contributed by atoms with E-state index in [9.17, 15) is 0 Å². The van der Waals surface area contributed by atoms with Crippen molar-refractivity contribution < 1.29 is 0 Å². The van der Waals surface area contributed by atoms with E-state index in [4.69, 9.17) is 0 Å². The van der Waals surface area contributed by atoms with Gasteiger partial charge in [-0.25, -0.2) is 0 Å². The van der Waals surface area contributed by atoms with Gasteiger partial charge < -0.3 is 5.32 Å². The Labute approximate surface area is 210 Å². The highest BCUT2D eigenvalue weighted by molar-refractivity contribution is 5.84. The highest BCUT2D eigenvalue weighted by atomic mass is 15.1. The second kappa shape index (κ2) is 12.1. The predicted octanol–water partition coefficient (Wildman–Crippen LogP) is 6.90. The van der Waals surface area contributed by atoms with Gasteiger partial charge in [-0.2, -0.15) is 0 Å². The number of hydrogen-bond acceptors (Lipinski definition) is 2. The summed E-state index contributed by atoms with van der Waals surface area (Å²) in [6.07, 6.45) is 15.6. The standard InChI is InChI=1S/C33H34N2/c1-34-25-26-17-19-29(20-18-26)32(27-11-6-4-7-12-27)15-10-16-33(28-13-8-5-9-14-28)30-21-23-31(24-22-30)35(2)3/h4-24,31,34H,25H2,1-3H3. The molecule has 0 aromatic heterocycles. The van der Waals surface area contributed by atoms with Crippen LogP contribution in [0.4, 0.5) is 0 Å². The van der Waals surface area contributed by atoms with E-state index in [2.05, 4.69) is 152 Å². The number of nitrogens with zero attached hydrogens (tertiary/aromatic N) is 1. The van der Waals surface area contributed by atoms with Crippen molar-refractivity contribution in [3.05, 3.63) is 155 Å². The molecule has 176 valence electrons. The van der Waals surface area contributed by atoms with Gasteiger partial charge in [-0.05, 0) is 60.1 Å². The summed E-state index contributed by atoms with van der Waals surface area (Å²) in [4.78, 5) is 2.21. The fourth-order valence-corrected chi connectivity index (χ4v) is 4.25. The molecular formula is C33H34N2. The van der Waals surface area contributed by atoms with Crippen molar-refractivity contribution in [2.45, 2.75) is 12.6 Å². The van der Waals surface area contributed by atoms with E-state index < -0.39 is 0 Å². The summed E-state index contributed by atoms with van der Waals surface area (Å²) in [6.45, 7) is 0.869. The molecule has 3 aromatic rings.